The van der Waals surface area contributed by atoms with E-state index in [1.807, 2.05) is 0 Å². The maximum absolute atomic E-state index is 12.3. The first-order valence-electron chi connectivity index (χ1n) is 7.76. The molecule has 1 aromatic carbocycles. The van der Waals surface area contributed by atoms with E-state index in [-0.39, 0.29) is 19.1 Å². The van der Waals surface area contributed by atoms with Crippen molar-refractivity contribution in [2.24, 2.45) is 0 Å². The van der Waals surface area contributed by atoms with Gasteiger partial charge < -0.3 is 24.3 Å². The molecule has 1 aromatic heterocycles. The monoisotopic (exact) mass is 360 g/mol. The molecule has 0 aliphatic heterocycles. The minimum atomic E-state index is -0.500. The molecule has 0 saturated heterocycles. The number of methoxy groups -OCH3 is 3. The summed E-state index contributed by atoms with van der Waals surface area (Å²) < 4.78 is 20.7. The zero-order chi connectivity index (χ0) is 18.9. The van der Waals surface area contributed by atoms with E-state index in [4.69, 9.17) is 18.9 Å². The van der Waals surface area contributed by atoms with Gasteiger partial charge in [0.05, 0.1) is 33.4 Å². The average Bonchev–Trinajstić information content (AvgIpc) is 2.70. The number of hydrogen-bond donors (Lipinski definition) is 1. The number of ether oxygens (including phenoxy) is 4. The summed E-state index contributed by atoms with van der Waals surface area (Å²) in [6, 6.07) is 6.32. The van der Waals surface area contributed by atoms with Crippen LogP contribution in [0.15, 0.2) is 36.7 Å². The Morgan fingerprint density at radius 2 is 1.73 bits per heavy atom. The van der Waals surface area contributed by atoms with Gasteiger partial charge in [-0.1, -0.05) is 0 Å². The summed E-state index contributed by atoms with van der Waals surface area (Å²) in [7, 11) is 4.42. The van der Waals surface area contributed by atoms with Crippen LogP contribution in [0.5, 0.6) is 17.2 Å². The quantitative estimate of drug-likeness (QED) is 0.565. The number of nitrogens with zero attached hydrogens (tertiary/aromatic N) is 1. The van der Waals surface area contributed by atoms with E-state index in [2.05, 4.69) is 10.3 Å². The fourth-order valence-corrected chi connectivity index (χ4v) is 2.19. The molecule has 0 atom stereocenters. The van der Waals surface area contributed by atoms with Gasteiger partial charge in [-0.05, 0) is 24.3 Å². The van der Waals surface area contributed by atoms with Crippen LogP contribution >= 0.6 is 0 Å². The molecule has 138 valence electrons. The Kier molecular flexibility index (Phi) is 6.78. The lowest BCUT2D eigenvalue weighted by Gasteiger charge is -2.14. The lowest BCUT2D eigenvalue weighted by atomic mass is 10.1. The number of aromatic nitrogens is 1. The normalized spacial score (nSPS) is 9.96. The van der Waals surface area contributed by atoms with Gasteiger partial charge in [0.2, 0.25) is 5.75 Å². The van der Waals surface area contributed by atoms with Crippen molar-refractivity contribution in [1.82, 2.24) is 10.3 Å². The SMILES string of the molecule is COc1cc(C(=O)NCCOC(=O)c2cccnc2)cc(OC)c1OC. The lowest BCUT2D eigenvalue weighted by Crippen LogP contribution is -2.28. The minimum Gasteiger partial charge on any atom is -0.493 e. The van der Waals surface area contributed by atoms with Crippen molar-refractivity contribution in [3.63, 3.8) is 0 Å². The molecule has 0 bridgehead atoms. The Balaban J connectivity index is 1.92. The zero-order valence-electron chi connectivity index (χ0n) is 14.8. The smallest absolute Gasteiger partial charge is 0.339 e. The van der Waals surface area contributed by atoms with Crippen molar-refractivity contribution >= 4 is 11.9 Å². The van der Waals surface area contributed by atoms with Gasteiger partial charge >= 0.3 is 5.97 Å². The first-order chi connectivity index (χ1) is 12.6. The van der Waals surface area contributed by atoms with Crippen LogP contribution in [0, 0.1) is 0 Å². The van der Waals surface area contributed by atoms with Crippen LogP contribution in [0.3, 0.4) is 0 Å². The van der Waals surface area contributed by atoms with E-state index in [0.717, 1.165) is 0 Å². The Morgan fingerprint density at radius 1 is 1.04 bits per heavy atom. The van der Waals surface area contributed by atoms with Gasteiger partial charge in [-0.15, -0.1) is 0 Å². The molecule has 0 aliphatic carbocycles. The molecule has 0 spiro atoms. The summed E-state index contributed by atoms with van der Waals surface area (Å²) in [6.45, 7) is 0.186. The maximum Gasteiger partial charge on any atom is 0.339 e. The molecule has 1 heterocycles. The fraction of sp³-hybridized carbons (Fsp3) is 0.278. The number of carbonyl (C=O) groups is 2. The summed E-state index contributed by atoms with van der Waals surface area (Å²) in [5, 5.41) is 2.66. The largest absolute Gasteiger partial charge is 0.493 e. The maximum atomic E-state index is 12.3. The predicted molar refractivity (Wildman–Crippen MR) is 93.0 cm³/mol. The summed E-state index contributed by atoms with van der Waals surface area (Å²) in [4.78, 5) is 27.9. The van der Waals surface area contributed by atoms with Crippen molar-refractivity contribution in [2.45, 2.75) is 0 Å². The van der Waals surface area contributed by atoms with Crippen LogP contribution in [0.25, 0.3) is 0 Å². The van der Waals surface area contributed by atoms with E-state index in [1.54, 1.807) is 30.5 Å². The van der Waals surface area contributed by atoms with Crippen molar-refractivity contribution in [2.75, 3.05) is 34.5 Å². The second-order valence-electron chi connectivity index (χ2n) is 5.05. The van der Waals surface area contributed by atoms with Gasteiger partial charge in [-0.25, -0.2) is 4.79 Å². The number of nitrogens with one attached hydrogen (secondary N) is 1. The summed E-state index contributed by atoms with van der Waals surface area (Å²) in [6.07, 6.45) is 2.98. The van der Waals surface area contributed by atoms with E-state index < -0.39 is 5.97 Å². The van der Waals surface area contributed by atoms with E-state index in [1.165, 1.54) is 27.5 Å². The van der Waals surface area contributed by atoms with Crippen molar-refractivity contribution in [3.8, 4) is 17.2 Å². The standard InChI is InChI=1S/C18H20N2O6/c1-23-14-9-13(10-15(24-2)16(14)25-3)17(21)20-7-8-26-18(22)12-5-4-6-19-11-12/h4-6,9-11H,7-8H2,1-3H3,(H,20,21). The fourth-order valence-electron chi connectivity index (χ4n) is 2.19. The van der Waals surface area contributed by atoms with Gasteiger partial charge in [0, 0.05) is 18.0 Å². The molecule has 0 fully saturated rings. The average molecular weight is 360 g/mol. The summed E-state index contributed by atoms with van der Waals surface area (Å²) in [5.41, 5.74) is 0.682. The van der Waals surface area contributed by atoms with Crippen molar-refractivity contribution in [3.05, 3.63) is 47.8 Å². The van der Waals surface area contributed by atoms with Crippen molar-refractivity contribution < 1.29 is 28.5 Å². The Bertz CT molecular complexity index is 739. The number of rotatable bonds is 8. The number of carbonyl (C=O) groups excluding carboxylic acids is 2. The summed E-state index contributed by atoms with van der Waals surface area (Å²) in [5.74, 6) is 0.291. The molecule has 2 rings (SSSR count). The number of esters is 1. The molecular formula is C18H20N2O6. The first kappa shape index (κ1) is 19.0. The highest BCUT2D eigenvalue weighted by molar-refractivity contribution is 5.95. The second kappa shape index (κ2) is 9.26. The third-order valence-electron chi connectivity index (χ3n) is 3.44. The van der Waals surface area contributed by atoms with Gasteiger partial charge in [0.15, 0.2) is 11.5 Å². The Hall–Kier alpha value is -3.29. The van der Waals surface area contributed by atoms with Crippen LogP contribution in [-0.4, -0.2) is 51.3 Å². The molecule has 8 nitrogen and oxygen atoms in total. The molecular weight excluding hydrogens is 340 g/mol. The first-order valence-corrected chi connectivity index (χ1v) is 7.76. The third-order valence-corrected chi connectivity index (χ3v) is 3.44. The number of benzene rings is 1. The molecule has 0 unspecified atom stereocenters. The van der Waals surface area contributed by atoms with Crippen molar-refractivity contribution in [1.29, 1.82) is 0 Å². The number of hydrogen-bond acceptors (Lipinski definition) is 7. The molecule has 26 heavy (non-hydrogen) atoms. The molecule has 0 radical (unpaired) electrons. The third kappa shape index (κ3) is 4.62. The van der Waals surface area contributed by atoms with Crippen LogP contribution in [-0.2, 0) is 4.74 Å². The highest BCUT2D eigenvalue weighted by atomic mass is 16.5. The molecule has 1 N–H and O–H groups in total. The molecule has 0 aliphatic rings. The van der Waals surface area contributed by atoms with Crippen LogP contribution in [0.1, 0.15) is 20.7 Å². The highest BCUT2D eigenvalue weighted by Gasteiger charge is 2.17. The van der Waals surface area contributed by atoms with Gasteiger partial charge in [0.1, 0.15) is 6.61 Å². The van der Waals surface area contributed by atoms with Crippen LogP contribution < -0.4 is 19.5 Å². The van der Waals surface area contributed by atoms with E-state index in [0.29, 0.717) is 28.4 Å². The molecule has 2 aromatic rings. The van der Waals surface area contributed by atoms with Crippen LogP contribution in [0.2, 0.25) is 0 Å². The lowest BCUT2D eigenvalue weighted by molar-refractivity contribution is 0.0502. The molecule has 0 saturated carbocycles. The zero-order valence-corrected chi connectivity index (χ0v) is 14.8. The van der Waals surface area contributed by atoms with Crippen LogP contribution in [0.4, 0.5) is 0 Å². The molecule has 8 heteroatoms. The van der Waals surface area contributed by atoms with Gasteiger partial charge in [-0.3, -0.25) is 9.78 Å². The highest BCUT2D eigenvalue weighted by Crippen LogP contribution is 2.38. The number of pyridine rings is 1. The second-order valence-corrected chi connectivity index (χ2v) is 5.05. The molecule has 1 amide bonds. The minimum absolute atomic E-state index is 0.0316. The Morgan fingerprint density at radius 3 is 2.27 bits per heavy atom. The Labute approximate surface area is 151 Å². The summed E-state index contributed by atoms with van der Waals surface area (Å²) >= 11 is 0. The van der Waals surface area contributed by atoms with Gasteiger partial charge in [-0.2, -0.15) is 0 Å². The van der Waals surface area contributed by atoms with E-state index in [9.17, 15) is 9.59 Å². The van der Waals surface area contributed by atoms with E-state index >= 15 is 0 Å². The number of amides is 1. The topological polar surface area (TPSA) is 96.0 Å². The predicted octanol–water partition coefficient (Wildman–Crippen LogP) is 1.69. The van der Waals surface area contributed by atoms with Gasteiger partial charge in [0.25, 0.3) is 5.91 Å².